The molecule has 4 rings (SSSR count). The molecule has 0 spiro atoms. The fourth-order valence-electron chi connectivity index (χ4n) is 4.09. The Morgan fingerprint density at radius 2 is 1.86 bits per heavy atom. The number of rotatable bonds is 9. The van der Waals surface area contributed by atoms with Gasteiger partial charge in [-0.05, 0) is 79.5 Å². The van der Waals surface area contributed by atoms with Gasteiger partial charge in [-0.15, -0.1) is 0 Å². The molecule has 0 bridgehead atoms. The normalized spacial score (nSPS) is 14.1. The summed E-state index contributed by atoms with van der Waals surface area (Å²) in [5.74, 6) is 0.578. The summed E-state index contributed by atoms with van der Waals surface area (Å²) in [5, 5.41) is 0.129. The second-order valence-electron chi connectivity index (χ2n) is 9.30. The van der Waals surface area contributed by atoms with E-state index in [1.807, 2.05) is 13.0 Å². The third kappa shape index (κ3) is 7.61. The number of nitrogens with zero attached hydrogens (tertiary/aromatic N) is 4. The maximum absolute atomic E-state index is 13.5. The van der Waals surface area contributed by atoms with Crippen LogP contribution in [0.5, 0.6) is 0 Å². The molecule has 0 amide bonds. The highest BCUT2D eigenvalue weighted by molar-refractivity contribution is 6.30. The summed E-state index contributed by atoms with van der Waals surface area (Å²) >= 11 is 6.06. The van der Waals surface area contributed by atoms with E-state index in [0.29, 0.717) is 42.4 Å². The number of halogens is 5. The molecule has 3 aromatic rings. The molecule has 1 aliphatic carbocycles. The molecule has 4 nitrogen and oxygen atoms in total. The molecule has 0 saturated heterocycles. The zero-order chi connectivity index (χ0) is 26.6. The lowest BCUT2D eigenvalue weighted by Crippen LogP contribution is -2.33. The van der Waals surface area contributed by atoms with Crippen LogP contribution in [0, 0.1) is 18.8 Å². The first-order valence-electron chi connectivity index (χ1n) is 12.0. The first-order valence-corrected chi connectivity index (χ1v) is 12.4. The highest BCUT2D eigenvalue weighted by Crippen LogP contribution is 2.32. The lowest BCUT2D eigenvalue weighted by Gasteiger charge is -2.27. The van der Waals surface area contributed by atoms with Crippen molar-refractivity contribution in [2.45, 2.75) is 45.3 Å². The number of benzene rings is 1. The summed E-state index contributed by atoms with van der Waals surface area (Å²) in [6.07, 6.45) is 1.41. The Morgan fingerprint density at radius 3 is 2.43 bits per heavy atom. The number of hydrogen-bond donors (Lipinski definition) is 0. The second-order valence-corrected chi connectivity index (χ2v) is 9.74. The summed E-state index contributed by atoms with van der Waals surface area (Å²) in [7, 11) is 0. The summed E-state index contributed by atoms with van der Waals surface area (Å²) < 4.78 is 51.7. The SMILES string of the molecule is C=C(Cl)/N=C(/c1ccc(F)nc1)N(Cc1ccc(CCc2ccc(C(F)(F)F)cn2)cc1C)CC1CC1. The average Bonchev–Trinajstić information content (AvgIpc) is 3.67. The predicted molar refractivity (Wildman–Crippen MR) is 137 cm³/mol. The van der Waals surface area contributed by atoms with Crippen molar-refractivity contribution in [3.05, 3.63) is 106 Å². The van der Waals surface area contributed by atoms with Gasteiger partial charge in [-0.3, -0.25) is 4.98 Å². The lowest BCUT2D eigenvalue weighted by molar-refractivity contribution is -0.137. The molecule has 194 valence electrons. The van der Waals surface area contributed by atoms with Gasteiger partial charge in [0.05, 0.1) is 5.56 Å². The Labute approximate surface area is 218 Å². The number of amidine groups is 1. The summed E-state index contributed by atoms with van der Waals surface area (Å²) in [4.78, 5) is 14.3. The van der Waals surface area contributed by atoms with Gasteiger partial charge < -0.3 is 4.90 Å². The second kappa shape index (κ2) is 11.4. The molecule has 0 radical (unpaired) electrons. The molecule has 0 unspecified atom stereocenters. The van der Waals surface area contributed by atoms with Gasteiger partial charge in [-0.25, -0.2) is 9.98 Å². The molecule has 1 fully saturated rings. The monoisotopic (exact) mass is 530 g/mol. The lowest BCUT2D eigenvalue weighted by atomic mass is 10.0. The van der Waals surface area contributed by atoms with Crippen molar-refractivity contribution in [1.29, 1.82) is 0 Å². The Morgan fingerprint density at radius 1 is 1.08 bits per heavy atom. The van der Waals surface area contributed by atoms with E-state index >= 15 is 0 Å². The molecule has 1 saturated carbocycles. The van der Waals surface area contributed by atoms with Crippen molar-refractivity contribution in [2.24, 2.45) is 10.9 Å². The van der Waals surface area contributed by atoms with Gasteiger partial charge in [-0.2, -0.15) is 17.6 Å². The molecule has 37 heavy (non-hydrogen) atoms. The first kappa shape index (κ1) is 26.8. The zero-order valence-electron chi connectivity index (χ0n) is 20.4. The van der Waals surface area contributed by atoms with Gasteiger partial charge in [0.1, 0.15) is 11.0 Å². The van der Waals surface area contributed by atoms with Gasteiger partial charge in [0.15, 0.2) is 0 Å². The summed E-state index contributed by atoms with van der Waals surface area (Å²) in [6, 6.07) is 11.6. The van der Waals surface area contributed by atoms with Crippen molar-refractivity contribution in [3.63, 3.8) is 0 Å². The Balaban J connectivity index is 1.49. The van der Waals surface area contributed by atoms with E-state index in [2.05, 4.69) is 38.6 Å². The Kier molecular flexibility index (Phi) is 8.27. The number of aliphatic imine (C=N–C) groups is 1. The quantitative estimate of drug-likeness (QED) is 0.0974. The number of aromatic nitrogens is 2. The van der Waals surface area contributed by atoms with Crippen molar-refractivity contribution >= 4 is 17.4 Å². The van der Waals surface area contributed by atoms with E-state index in [1.54, 1.807) is 6.07 Å². The van der Waals surface area contributed by atoms with Crippen LogP contribution in [0.25, 0.3) is 0 Å². The molecule has 2 heterocycles. The van der Waals surface area contributed by atoms with Gasteiger partial charge >= 0.3 is 6.18 Å². The van der Waals surface area contributed by atoms with Crippen LogP contribution in [0.4, 0.5) is 17.6 Å². The topological polar surface area (TPSA) is 41.4 Å². The number of aryl methyl sites for hydroxylation is 3. The standard InChI is InChI=1S/C28H27ClF4N4/c1-18-13-20(6-10-25-11-9-24(15-34-25)28(31,32)33)5-7-23(18)17-37(16-21-3-4-21)27(36-19(2)29)22-8-12-26(30)35-14-22/h5,7-9,11-15,21H,2-4,6,10,16-17H2,1H3/b36-27-. The summed E-state index contributed by atoms with van der Waals surface area (Å²) in [6.45, 7) is 7.09. The van der Waals surface area contributed by atoms with E-state index < -0.39 is 17.7 Å². The Hall–Kier alpha value is -3.26. The third-order valence-electron chi connectivity index (χ3n) is 6.28. The molecule has 2 aromatic heterocycles. The molecule has 0 N–H and O–H groups in total. The molecule has 9 heteroatoms. The first-order chi connectivity index (χ1) is 17.6. The average molecular weight is 531 g/mol. The van der Waals surface area contributed by atoms with E-state index in [4.69, 9.17) is 11.6 Å². The van der Waals surface area contributed by atoms with E-state index in [9.17, 15) is 17.6 Å². The van der Waals surface area contributed by atoms with Crippen molar-refractivity contribution < 1.29 is 17.6 Å². The molecule has 0 atom stereocenters. The molecule has 1 aliphatic rings. The summed E-state index contributed by atoms with van der Waals surface area (Å²) in [5.41, 5.74) is 3.77. The largest absolute Gasteiger partial charge is 0.417 e. The maximum atomic E-state index is 13.5. The minimum Gasteiger partial charge on any atom is -0.351 e. The van der Waals surface area contributed by atoms with Gasteiger partial charge in [0.25, 0.3) is 0 Å². The molecule has 1 aromatic carbocycles. The highest BCUT2D eigenvalue weighted by atomic mass is 35.5. The van der Waals surface area contributed by atoms with Gasteiger partial charge in [0.2, 0.25) is 5.95 Å². The Bertz CT molecular complexity index is 1270. The van der Waals surface area contributed by atoms with Crippen LogP contribution in [0.15, 0.2) is 71.6 Å². The molecular formula is C28H27ClF4N4. The third-order valence-corrected chi connectivity index (χ3v) is 6.36. The minimum atomic E-state index is -4.39. The van der Waals surface area contributed by atoms with Crippen LogP contribution in [0.2, 0.25) is 0 Å². The maximum Gasteiger partial charge on any atom is 0.417 e. The smallest absolute Gasteiger partial charge is 0.351 e. The van der Waals surface area contributed by atoms with Crippen molar-refractivity contribution in [2.75, 3.05) is 6.54 Å². The van der Waals surface area contributed by atoms with Crippen LogP contribution >= 0.6 is 11.6 Å². The predicted octanol–water partition coefficient (Wildman–Crippen LogP) is 7.10. The molecule has 0 aliphatic heterocycles. The minimum absolute atomic E-state index is 0.129. The van der Waals surface area contributed by atoms with Crippen molar-refractivity contribution in [3.8, 4) is 0 Å². The van der Waals surface area contributed by atoms with Crippen LogP contribution in [-0.2, 0) is 25.6 Å². The zero-order valence-corrected chi connectivity index (χ0v) is 21.2. The number of hydrogen-bond acceptors (Lipinski definition) is 3. The van der Waals surface area contributed by atoms with E-state index in [-0.39, 0.29) is 5.16 Å². The van der Waals surface area contributed by atoms with Gasteiger partial charge in [-0.1, -0.05) is 36.4 Å². The number of pyridine rings is 2. The van der Waals surface area contributed by atoms with Crippen LogP contribution < -0.4 is 0 Å². The number of alkyl halides is 3. The van der Waals surface area contributed by atoms with E-state index in [1.165, 1.54) is 18.3 Å². The van der Waals surface area contributed by atoms with Crippen LogP contribution in [0.3, 0.4) is 0 Å². The van der Waals surface area contributed by atoms with E-state index in [0.717, 1.165) is 48.3 Å². The fraction of sp³-hybridized carbons (Fsp3) is 0.321. The molecular weight excluding hydrogens is 504 g/mol. The highest BCUT2D eigenvalue weighted by Gasteiger charge is 2.30. The van der Waals surface area contributed by atoms with Crippen molar-refractivity contribution in [1.82, 2.24) is 14.9 Å². The fourth-order valence-corrected chi connectivity index (χ4v) is 4.17. The van der Waals surface area contributed by atoms with Gasteiger partial charge in [0, 0.05) is 36.7 Å². The van der Waals surface area contributed by atoms with Crippen LogP contribution in [0.1, 0.15) is 46.4 Å². The van der Waals surface area contributed by atoms with Crippen LogP contribution in [-0.4, -0.2) is 27.2 Å².